The van der Waals surface area contributed by atoms with Crippen LogP contribution in [0.1, 0.15) is 18.1 Å². The molecule has 1 aliphatic rings. The van der Waals surface area contributed by atoms with Gasteiger partial charge in [-0.25, -0.2) is 14.4 Å². The minimum absolute atomic E-state index is 0.0948. The highest BCUT2D eigenvalue weighted by molar-refractivity contribution is 8.76. The number of carbonyl (C=O) groups is 1. The first-order chi connectivity index (χ1) is 16.6. The number of benzene rings is 2. The molecule has 180 valence electrons. The van der Waals surface area contributed by atoms with E-state index in [0.717, 1.165) is 21.6 Å². The first-order valence-corrected chi connectivity index (χ1v) is 12.3. The van der Waals surface area contributed by atoms with Crippen molar-refractivity contribution in [2.75, 3.05) is 0 Å². The fourth-order valence-electron chi connectivity index (χ4n) is 3.57. The van der Waals surface area contributed by atoms with Crippen LogP contribution in [0.3, 0.4) is 0 Å². The number of esters is 1. The molecule has 5 rings (SSSR count). The van der Waals surface area contributed by atoms with Crippen molar-refractivity contribution in [1.29, 1.82) is 0 Å². The molecule has 0 aliphatic carbocycles. The summed E-state index contributed by atoms with van der Waals surface area (Å²) in [6.45, 7) is 0.734. The van der Waals surface area contributed by atoms with E-state index in [4.69, 9.17) is 24.0 Å². The lowest BCUT2D eigenvalue weighted by molar-refractivity contribution is -0.173. The molecule has 4 aromatic rings. The second kappa shape index (κ2) is 8.64. The van der Waals surface area contributed by atoms with Crippen molar-refractivity contribution in [3.8, 4) is 11.5 Å². The summed E-state index contributed by atoms with van der Waals surface area (Å²) < 4.78 is 21.8. The molecular weight excluding hydrogens is 498 g/mol. The van der Waals surface area contributed by atoms with E-state index in [1.54, 1.807) is 6.07 Å². The van der Waals surface area contributed by atoms with Gasteiger partial charge in [-0.1, -0.05) is 0 Å². The third-order valence-electron chi connectivity index (χ3n) is 5.38. The molecule has 0 spiro atoms. The Kier molecular flexibility index (Phi) is 5.75. The van der Waals surface area contributed by atoms with E-state index in [-0.39, 0.29) is 45.7 Å². The van der Waals surface area contributed by atoms with Gasteiger partial charge in [-0.15, -0.1) is 0 Å². The van der Waals surface area contributed by atoms with Crippen LogP contribution in [0.5, 0.6) is 11.5 Å². The molecule has 1 aliphatic heterocycles. The molecule has 4 N–H and O–H groups in total. The molecule has 0 saturated carbocycles. The zero-order chi connectivity index (χ0) is 24.9. The SMILES string of the molecule is CC1(N)OCc2c(c(=O)oc3cc(O)ccc23)SSc2c(c3ccc(O)cc3oc2=O)COC1=O. The van der Waals surface area contributed by atoms with Gasteiger partial charge in [-0.3, -0.25) is 5.73 Å². The molecule has 0 bridgehead atoms. The van der Waals surface area contributed by atoms with Crippen LogP contribution < -0.4 is 17.0 Å². The van der Waals surface area contributed by atoms with Crippen molar-refractivity contribution in [3.63, 3.8) is 0 Å². The maximum Gasteiger partial charge on any atom is 0.353 e. The van der Waals surface area contributed by atoms with Crippen molar-refractivity contribution in [3.05, 3.63) is 68.4 Å². The number of fused-ring (bicyclic) bond motifs is 6. The number of ether oxygens (including phenoxy) is 2. The average molecular weight is 516 g/mol. The summed E-state index contributed by atoms with van der Waals surface area (Å²) >= 11 is 0. The molecule has 1 unspecified atom stereocenters. The normalized spacial score (nSPS) is 18.9. The fourth-order valence-corrected chi connectivity index (χ4v) is 6.01. The van der Waals surface area contributed by atoms with E-state index < -0.39 is 22.9 Å². The van der Waals surface area contributed by atoms with Gasteiger partial charge in [-0.05, 0) is 52.8 Å². The van der Waals surface area contributed by atoms with Gasteiger partial charge in [0.05, 0.1) is 6.61 Å². The Morgan fingerprint density at radius 3 is 1.83 bits per heavy atom. The Bertz CT molecular complexity index is 1620. The molecule has 35 heavy (non-hydrogen) atoms. The second-order valence-electron chi connectivity index (χ2n) is 7.89. The second-order valence-corrected chi connectivity index (χ2v) is 10.0. The van der Waals surface area contributed by atoms with E-state index in [2.05, 4.69) is 0 Å². The van der Waals surface area contributed by atoms with Crippen LogP contribution in [-0.4, -0.2) is 21.9 Å². The lowest BCUT2D eigenvalue weighted by Gasteiger charge is -2.25. The van der Waals surface area contributed by atoms with Crippen LogP contribution >= 0.6 is 21.6 Å². The van der Waals surface area contributed by atoms with Crippen LogP contribution in [0.2, 0.25) is 0 Å². The highest BCUT2D eigenvalue weighted by Gasteiger charge is 2.34. The van der Waals surface area contributed by atoms with Gasteiger partial charge in [0.15, 0.2) is 0 Å². The molecule has 0 radical (unpaired) electrons. The maximum atomic E-state index is 12.9. The summed E-state index contributed by atoms with van der Waals surface area (Å²) in [7, 11) is 1.89. The first kappa shape index (κ1) is 23.3. The highest BCUT2D eigenvalue weighted by atomic mass is 33.1. The maximum absolute atomic E-state index is 12.9. The summed E-state index contributed by atoms with van der Waals surface area (Å²) in [6.07, 6.45) is 0. The van der Waals surface area contributed by atoms with Gasteiger partial charge in [0.25, 0.3) is 0 Å². The summed E-state index contributed by atoms with van der Waals surface area (Å²) in [5, 5.41) is 20.5. The van der Waals surface area contributed by atoms with E-state index in [9.17, 15) is 24.6 Å². The largest absolute Gasteiger partial charge is 0.508 e. The number of nitrogens with two attached hydrogens (primary N) is 1. The van der Waals surface area contributed by atoms with Crippen molar-refractivity contribution >= 4 is 49.5 Å². The highest BCUT2D eigenvalue weighted by Crippen LogP contribution is 2.42. The number of hydrogen-bond donors (Lipinski definition) is 3. The number of phenols is 2. The number of hydrogen-bond acceptors (Lipinski definition) is 12. The van der Waals surface area contributed by atoms with E-state index in [1.807, 2.05) is 0 Å². The molecule has 0 amide bonds. The molecule has 1 atom stereocenters. The molecule has 10 nitrogen and oxygen atoms in total. The van der Waals surface area contributed by atoms with E-state index >= 15 is 0 Å². The predicted octanol–water partition coefficient (Wildman–Crippen LogP) is 3.36. The Balaban J connectivity index is 1.73. The smallest absolute Gasteiger partial charge is 0.353 e. The quantitative estimate of drug-likeness (QED) is 0.178. The predicted molar refractivity (Wildman–Crippen MR) is 127 cm³/mol. The monoisotopic (exact) mass is 515 g/mol. The van der Waals surface area contributed by atoms with Gasteiger partial charge < -0.3 is 28.5 Å². The minimum atomic E-state index is -1.89. The Labute approximate surface area is 204 Å². The van der Waals surface area contributed by atoms with Gasteiger partial charge in [0, 0.05) is 34.0 Å². The number of rotatable bonds is 0. The van der Waals surface area contributed by atoms with Crippen molar-refractivity contribution < 1.29 is 33.3 Å². The third-order valence-corrected chi connectivity index (χ3v) is 7.88. The molecule has 3 heterocycles. The summed E-state index contributed by atoms with van der Waals surface area (Å²) in [6, 6.07) is 8.44. The first-order valence-electron chi connectivity index (χ1n) is 10.2. The van der Waals surface area contributed by atoms with Crippen molar-refractivity contribution in [2.24, 2.45) is 5.73 Å². The van der Waals surface area contributed by atoms with E-state index in [1.165, 1.54) is 37.3 Å². The molecule has 2 aromatic carbocycles. The lowest BCUT2D eigenvalue weighted by Crippen LogP contribution is -2.48. The Hall–Kier alpha value is -3.45. The third kappa shape index (κ3) is 4.25. The number of carbonyl (C=O) groups excluding carboxylic acids is 1. The summed E-state index contributed by atoms with van der Waals surface area (Å²) in [4.78, 5) is 38.7. The van der Waals surface area contributed by atoms with Crippen molar-refractivity contribution in [1.82, 2.24) is 0 Å². The van der Waals surface area contributed by atoms with Crippen LogP contribution in [0.15, 0.2) is 64.6 Å². The van der Waals surface area contributed by atoms with Gasteiger partial charge >= 0.3 is 17.2 Å². The van der Waals surface area contributed by atoms with Crippen LogP contribution in [0, 0.1) is 0 Å². The van der Waals surface area contributed by atoms with Crippen LogP contribution in [0.25, 0.3) is 21.9 Å². The van der Waals surface area contributed by atoms with Crippen molar-refractivity contribution in [2.45, 2.75) is 35.7 Å². The van der Waals surface area contributed by atoms with E-state index in [0.29, 0.717) is 21.9 Å². The summed E-state index contributed by atoms with van der Waals surface area (Å²) in [5.41, 5.74) is 3.61. The van der Waals surface area contributed by atoms with Crippen LogP contribution in [0.4, 0.5) is 0 Å². The molecule has 12 heteroatoms. The molecular formula is C23H17NO9S2. The molecule has 0 fully saturated rings. The fraction of sp³-hybridized carbons (Fsp3) is 0.174. The lowest BCUT2D eigenvalue weighted by atomic mass is 10.1. The van der Waals surface area contributed by atoms with Crippen LogP contribution in [-0.2, 0) is 27.5 Å². The minimum Gasteiger partial charge on any atom is -0.508 e. The number of aromatic hydroxyl groups is 2. The molecule has 2 aromatic heterocycles. The number of cyclic esters (lactones) is 1. The summed E-state index contributed by atoms with van der Waals surface area (Å²) in [5.74, 6) is -1.11. The number of phenolic OH excluding ortho intramolecular Hbond substituents is 2. The zero-order valence-corrected chi connectivity index (χ0v) is 19.7. The molecule has 0 saturated heterocycles. The van der Waals surface area contributed by atoms with Gasteiger partial charge in [-0.2, -0.15) is 0 Å². The Morgan fingerprint density at radius 1 is 0.829 bits per heavy atom. The Morgan fingerprint density at radius 2 is 1.31 bits per heavy atom. The topological polar surface area (TPSA) is 162 Å². The van der Waals surface area contributed by atoms with Gasteiger partial charge in [0.1, 0.15) is 39.1 Å². The average Bonchev–Trinajstić information content (AvgIpc) is 2.79. The zero-order valence-electron chi connectivity index (χ0n) is 18.0. The van der Waals surface area contributed by atoms with Gasteiger partial charge in [0.2, 0.25) is 5.72 Å². The standard InChI is InChI=1S/C23H17NO9S2/c1-23(24)22(29)30-8-14-12-4-2-10(25)6-16(12)32-20(27)18(14)34-35-19-15(9-31-23)13-5-3-11(26)7-17(13)33-21(19)28/h2-7,25-26H,8-9,24H2,1H3.